The second kappa shape index (κ2) is 9.54. The van der Waals surface area contributed by atoms with Gasteiger partial charge in [0, 0.05) is 18.2 Å². The van der Waals surface area contributed by atoms with Gasteiger partial charge >= 0.3 is 0 Å². The van der Waals surface area contributed by atoms with E-state index in [2.05, 4.69) is 5.32 Å². The summed E-state index contributed by atoms with van der Waals surface area (Å²) in [7, 11) is 0. The van der Waals surface area contributed by atoms with Crippen molar-refractivity contribution in [1.29, 1.82) is 0 Å². The molecule has 10 heteroatoms. The summed E-state index contributed by atoms with van der Waals surface area (Å²) in [6.07, 6.45) is -4.95. The number of aliphatic hydroxyl groups excluding tert-OH is 3. The summed E-state index contributed by atoms with van der Waals surface area (Å²) in [6, 6.07) is 16.2. The van der Waals surface area contributed by atoms with Crippen LogP contribution in [0, 0.1) is 11.7 Å². The summed E-state index contributed by atoms with van der Waals surface area (Å²) in [4.78, 5) is 11.9. The van der Waals surface area contributed by atoms with E-state index in [9.17, 15) is 20.1 Å². The average molecular weight is 471 g/mol. The smallest absolute Gasteiger partial charge is 0.217 e. The molecule has 33 heavy (non-hydrogen) atoms. The maximum Gasteiger partial charge on any atom is 0.217 e. The number of hydrogen-bond donors (Lipinski definition) is 4. The van der Waals surface area contributed by atoms with Crippen molar-refractivity contribution < 1.29 is 24.9 Å². The number of carbonyl (C=O) groups excluding carboxylic acids is 1. The van der Waals surface area contributed by atoms with E-state index < -0.39 is 43.1 Å². The highest BCUT2D eigenvalue weighted by molar-refractivity contribution is 7.71. The normalized spacial score (nSPS) is 25.1. The van der Waals surface area contributed by atoms with Gasteiger partial charge in [-0.15, -0.1) is 5.10 Å². The third kappa shape index (κ3) is 4.48. The number of hydrogen-bond acceptors (Lipinski definition) is 7. The van der Waals surface area contributed by atoms with E-state index in [0.29, 0.717) is 5.82 Å². The van der Waals surface area contributed by atoms with Crippen LogP contribution in [0.5, 0.6) is 0 Å². The van der Waals surface area contributed by atoms with Crippen LogP contribution in [-0.4, -0.2) is 66.5 Å². The second-order valence-electron chi connectivity index (χ2n) is 8.04. The third-order valence-corrected chi connectivity index (χ3v) is 6.01. The first-order valence-corrected chi connectivity index (χ1v) is 11.0. The highest BCUT2D eigenvalue weighted by Crippen LogP contribution is 2.31. The standard InChI is InChI=1S/C23H26N4O5S/c1-13-8-10-15(11-9-13)21-25-27(23(33)26(21)16-6-4-3-5-7-16)22-18(24-14(2)29)20(31)19(30)17(12-28)32-22/h3-11,17-20,22,28,30-31H,12H2,1-2H3,(H,24,29)/t17-,18-,19+,20-,22+/m0/s1. The molecule has 1 fully saturated rings. The van der Waals surface area contributed by atoms with Gasteiger partial charge in [0.15, 0.2) is 12.1 Å². The molecule has 5 atom stereocenters. The van der Waals surface area contributed by atoms with Crippen molar-refractivity contribution in [3.05, 3.63) is 64.9 Å². The summed E-state index contributed by atoms with van der Waals surface area (Å²) in [5, 5.41) is 38.1. The third-order valence-electron chi connectivity index (χ3n) is 5.64. The Morgan fingerprint density at radius 3 is 2.39 bits per heavy atom. The van der Waals surface area contributed by atoms with Gasteiger partial charge in [-0.2, -0.15) is 0 Å². The zero-order chi connectivity index (χ0) is 23.7. The van der Waals surface area contributed by atoms with Gasteiger partial charge in [0.2, 0.25) is 10.7 Å². The molecule has 0 spiro atoms. The average Bonchev–Trinajstić information content (AvgIpc) is 3.15. The van der Waals surface area contributed by atoms with Crippen LogP contribution in [-0.2, 0) is 9.53 Å². The zero-order valence-electron chi connectivity index (χ0n) is 18.2. The molecule has 0 bridgehead atoms. The first-order valence-electron chi connectivity index (χ1n) is 10.6. The van der Waals surface area contributed by atoms with Gasteiger partial charge < -0.3 is 25.4 Å². The lowest BCUT2D eigenvalue weighted by atomic mass is 9.96. The fourth-order valence-corrected chi connectivity index (χ4v) is 4.28. The van der Waals surface area contributed by atoms with E-state index in [-0.39, 0.29) is 4.77 Å². The number of rotatable bonds is 5. The molecule has 0 unspecified atom stereocenters. The van der Waals surface area contributed by atoms with E-state index in [1.54, 1.807) is 4.57 Å². The van der Waals surface area contributed by atoms with E-state index >= 15 is 0 Å². The number of aromatic nitrogens is 3. The van der Waals surface area contributed by atoms with Crippen molar-refractivity contribution in [3.8, 4) is 17.1 Å². The Bertz CT molecular complexity index is 1180. The van der Waals surface area contributed by atoms with Crippen molar-refractivity contribution in [2.45, 2.75) is 44.4 Å². The molecule has 1 saturated heterocycles. The van der Waals surface area contributed by atoms with Gasteiger partial charge in [-0.05, 0) is 31.3 Å². The monoisotopic (exact) mass is 470 g/mol. The Morgan fingerprint density at radius 1 is 1.12 bits per heavy atom. The lowest BCUT2D eigenvalue weighted by molar-refractivity contribution is -0.219. The van der Waals surface area contributed by atoms with Crippen LogP contribution < -0.4 is 5.32 Å². The fourth-order valence-electron chi connectivity index (χ4n) is 3.95. The first-order chi connectivity index (χ1) is 15.8. The van der Waals surface area contributed by atoms with Crippen LogP contribution in [0.1, 0.15) is 18.7 Å². The number of nitrogens with one attached hydrogen (secondary N) is 1. The summed E-state index contributed by atoms with van der Waals surface area (Å²) in [5.74, 6) is 0.118. The molecular formula is C23H26N4O5S. The Balaban J connectivity index is 1.90. The lowest BCUT2D eigenvalue weighted by Gasteiger charge is -2.42. The van der Waals surface area contributed by atoms with E-state index in [1.807, 2.05) is 61.5 Å². The fraction of sp³-hybridized carbons (Fsp3) is 0.348. The minimum atomic E-state index is -1.41. The second-order valence-corrected chi connectivity index (χ2v) is 8.41. The van der Waals surface area contributed by atoms with Gasteiger partial charge in [0.25, 0.3) is 0 Å². The molecule has 1 aliphatic rings. The van der Waals surface area contributed by atoms with Crippen LogP contribution >= 0.6 is 12.2 Å². The number of nitrogens with zero attached hydrogens (tertiary/aromatic N) is 3. The lowest BCUT2D eigenvalue weighted by Crippen LogP contribution is -2.62. The first kappa shape index (κ1) is 23.3. The van der Waals surface area contributed by atoms with Crippen LogP contribution in [0.15, 0.2) is 54.6 Å². The van der Waals surface area contributed by atoms with E-state index in [0.717, 1.165) is 16.8 Å². The summed E-state index contributed by atoms with van der Waals surface area (Å²) in [6.45, 7) is 2.76. The minimum absolute atomic E-state index is 0.261. The summed E-state index contributed by atoms with van der Waals surface area (Å²) in [5.41, 5.74) is 2.67. The quantitative estimate of drug-likeness (QED) is 0.417. The van der Waals surface area contributed by atoms with Crippen molar-refractivity contribution in [2.75, 3.05) is 6.61 Å². The van der Waals surface area contributed by atoms with Gasteiger partial charge in [0.05, 0.1) is 6.61 Å². The molecule has 0 aliphatic carbocycles. The zero-order valence-corrected chi connectivity index (χ0v) is 19.0. The molecule has 4 rings (SSSR count). The molecule has 0 radical (unpaired) electrons. The molecule has 174 valence electrons. The Labute approximate surface area is 195 Å². The highest BCUT2D eigenvalue weighted by Gasteiger charge is 2.46. The molecular weight excluding hydrogens is 444 g/mol. The Hall–Kier alpha value is -2.89. The molecule has 2 aromatic carbocycles. The van der Waals surface area contributed by atoms with Crippen molar-refractivity contribution in [2.24, 2.45) is 0 Å². The molecule has 3 aromatic rings. The van der Waals surface area contributed by atoms with Gasteiger partial charge in [-0.1, -0.05) is 48.0 Å². The van der Waals surface area contributed by atoms with Crippen LogP contribution in [0.4, 0.5) is 0 Å². The topological polar surface area (TPSA) is 122 Å². The maximum atomic E-state index is 11.9. The number of carbonyl (C=O) groups is 1. The number of aryl methyl sites for hydroxylation is 1. The Morgan fingerprint density at radius 2 is 1.79 bits per heavy atom. The highest BCUT2D eigenvalue weighted by atomic mass is 32.1. The molecule has 1 amide bonds. The van der Waals surface area contributed by atoms with Crippen molar-refractivity contribution >= 4 is 18.1 Å². The molecule has 2 heterocycles. The van der Waals surface area contributed by atoms with Crippen molar-refractivity contribution in [1.82, 2.24) is 19.7 Å². The predicted molar refractivity (Wildman–Crippen MR) is 123 cm³/mol. The molecule has 1 aromatic heterocycles. The molecule has 4 N–H and O–H groups in total. The van der Waals surface area contributed by atoms with Crippen LogP contribution in [0.3, 0.4) is 0 Å². The predicted octanol–water partition coefficient (Wildman–Crippen LogP) is 1.49. The Kier molecular flexibility index (Phi) is 6.73. The van der Waals surface area contributed by atoms with Crippen molar-refractivity contribution in [3.63, 3.8) is 0 Å². The van der Waals surface area contributed by atoms with Crippen LogP contribution in [0.2, 0.25) is 0 Å². The molecule has 1 aliphatic heterocycles. The number of para-hydroxylation sites is 1. The number of benzene rings is 2. The number of ether oxygens (including phenoxy) is 1. The van der Waals surface area contributed by atoms with E-state index in [1.165, 1.54) is 11.6 Å². The van der Waals surface area contributed by atoms with E-state index in [4.69, 9.17) is 22.1 Å². The molecule has 0 saturated carbocycles. The number of aliphatic hydroxyl groups is 3. The largest absolute Gasteiger partial charge is 0.394 e. The summed E-state index contributed by atoms with van der Waals surface area (Å²) >= 11 is 5.78. The summed E-state index contributed by atoms with van der Waals surface area (Å²) < 4.78 is 9.34. The van der Waals surface area contributed by atoms with Gasteiger partial charge in [0.1, 0.15) is 24.4 Å². The minimum Gasteiger partial charge on any atom is -0.394 e. The molecule has 9 nitrogen and oxygen atoms in total. The number of amides is 1. The van der Waals surface area contributed by atoms with Gasteiger partial charge in [-0.3, -0.25) is 9.36 Å². The van der Waals surface area contributed by atoms with Gasteiger partial charge in [-0.25, -0.2) is 4.68 Å². The maximum absolute atomic E-state index is 11.9. The SMILES string of the molecule is CC(=O)N[C@H]1[C@H](O)[C@H](O)[C@H](CO)O[C@H]1n1nc(-c2ccc(C)cc2)n(-c2ccccc2)c1=S. The van der Waals surface area contributed by atoms with Crippen LogP contribution in [0.25, 0.3) is 17.1 Å².